The number of carbonyl (C=O) groups is 3. The average molecular weight is 612 g/mol. The molecule has 3 unspecified atom stereocenters. The number of hydrogen-bond acceptors (Lipinski definition) is 8. The van der Waals surface area contributed by atoms with Gasteiger partial charge in [0.15, 0.2) is 0 Å². The number of allylic oxidation sites excluding steroid dienone is 1. The number of carbonyl (C=O) groups excluding carboxylic acids is 2. The van der Waals surface area contributed by atoms with Crippen molar-refractivity contribution in [1.82, 2.24) is 15.1 Å². The van der Waals surface area contributed by atoms with Crippen LogP contribution in [0.1, 0.15) is 63.6 Å². The van der Waals surface area contributed by atoms with Crippen LogP contribution in [0.3, 0.4) is 0 Å². The summed E-state index contributed by atoms with van der Waals surface area (Å²) in [5.41, 5.74) is -1.04. The minimum Gasteiger partial charge on any atom is -0.481 e. The number of esters is 1. The van der Waals surface area contributed by atoms with E-state index in [0.717, 1.165) is 6.42 Å². The average Bonchev–Trinajstić information content (AvgIpc) is 3.44. The highest BCUT2D eigenvalue weighted by Gasteiger charge is 2.60. The van der Waals surface area contributed by atoms with Gasteiger partial charge in [0.1, 0.15) is 17.7 Å². The summed E-state index contributed by atoms with van der Waals surface area (Å²) in [6.07, 6.45) is 5.15. The van der Waals surface area contributed by atoms with E-state index in [1.165, 1.54) is 11.0 Å². The zero-order chi connectivity index (χ0) is 31.8. The van der Waals surface area contributed by atoms with Gasteiger partial charge in [-0.25, -0.2) is 13.6 Å². The number of halogens is 2. The first-order valence-electron chi connectivity index (χ1n) is 15.0. The van der Waals surface area contributed by atoms with Crippen molar-refractivity contribution in [2.75, 3.05) is 32.8 Å². The molecule has 1 aromatic carbocycles. The number of hydrogen-bond donors (Lipinski definition) is 2. The van der Waals surface area contributed by atoms with Crippen LogP contribution >= 0.6 is 0 Å². The highest BCUT2D eigenvalue weighted by Crippen LogP contribution is 2.42. The summed E-state index contributed by atoms with van der Waals surface area (Å²) >= 11 is 0. The molecular weight excluding hydrogens is 572 g/mol. The fourth-order valence-electron chi connectivity index (χ4n) is 6.23. The summed E-state index contributed by atoms with van der Waals surface area (Å²) in [5.74, 6) is -2.24. The molecule has 0 bridgehead atoms. The molecule has 44 heavy (non-hydrogen) atoms. The molecule has 4 heterocycles. The number of benzene rings is 1. The van der Waals surface area contributed by atoms with Gasteiger partial charge in [0.25, 0.3) is 5.91 Å². The van der Waals surface area contributed by atoms with Crippen molar-refractivity contribution >= 4 is 29.4 Å². The normalized spacial score (nSPS) is 25.5. The molecule has 0 radical (unpaired) electrons. The number of carboxylic acids is 1. The predicted molar refractivity (Wildman–Crippen MR) is 160 cm³/mol. The first-order valence-corrected chi connectivity index (χ1v) is 15.0. The van der Waals surface area contributed by atoms with Crippen LogP contribution in [0.5, 0.6) is 0 Å². The maximum atomic E-state index is 16.3. The summed E-state index contributed by atoms with van der Waals surface area (Å²) in [6.45, 7) is 7.15. The third kappa shape index (κ3) is 5.79. The summed E-state index contributed by atoms with van der Waals surface area (Å²) in [5, 5.41) is 12.8. The van der Waals surface area contributed by atoms with Gasteiger partial charge in [0.2, 0.25) is 5.67 Å². The van der Waals surface area contributed by atoms with Crippen molar-refractivity contribution in [3.8, 4) is 0 Å². The quantitative estimate of drug-likeness (QED) is 0.385. The van der Waals surface area contributed by atoms with Gasteiger partial charge in [0.05, 0.1) is 29.3 Å². The summed E-state index contributed by atoms with van der Waals surface area (Å²) in [7, 11) is 0. The number of nitrogens with zero attached hydrogens (tertiary/aromatic N) is 4. The van der Waals surface area contributed by atoms with Crippen molar-refractivity contribution in [2.45, 2.75) is 71.1 Å². The van der Waals surface area contributed by atoms with Gasteiger partial charge < -0.3 is 20.1 Å². The SMILES string of the molecule is CCOC(=O)C1=C(CN2CCC3(F)C(=O)N(CCC(C)(C)C(=O)O)CC23)NC(C2=NC=CCC2)=NC1c1cccc(F)c1C. The van der Waals surface area contributed by atoms with Gasteiger partial charge >= 0.3 is 11.9 Å². The van der Waals surface area contributed by atoms with E-state index in [1.807, 2.05) is 11.0 Å². The van der Waals surface area contributed by atoms with Crippen molar-refractivity contribution in [3.63, 3.8) is 0 Å². The van der Waals surface area contributed by atoms with E-state index in [0.29, 0.717) is 34.8 Å². The topological polar surface area (TPSA) is 124 Å². The zero-order valence-corrected chi connectivity index (χ0v) is 25.5. The molecule has 1 amide bonds. The molecule has 0 spiro atoms. The molecule has 0 aliphatic carbocycles. The van der Waals surface area contributed by atoms with Gasteiger partial charge in [0, 0.05) is 44.5 Å². The standard InChI is InChI=1S/C32H39F2N5O5/c1-5-44-28(40)25-23(17-38-16-13-32(34)24(38)18-39(29(32)41)15-12-31(3,4)30(42)43)36-27(22-11-6-7-14-35-22)37-26(25)20-9-8-10-21(33)19(20)2/h7-10,14,24,26H,5-6,11-13,15-18H2,1-4H3,(H,36,37)(H,42,43). The number of rotatable bonds is 10. The number of fused-ring (bicyclic) bond motifs is 1. The highest BCUT2D eigenvalue weighted by atomic mass is 19.1. The maximum Gasteiger partial charge on any atom is 0.338 e. The number of likely N-dealkylation sites (tertiary alicyclic amines) is 2. The Morgan fingerprint density at radius 3 is 2.75 bits per heavy atom. The number of carboxylic acid groups (broad SMARTS) is 1. The van der Waals surface area contributed by atoms with E-state index in [-0.39, 0.29) is 51.2 Å². The predicted octanol–water partition coefficient (Wildman–Crippen LogP) is 3.87. The van der Waals surface area contributed by atoms with Gasteiger partial charge in [-0.15, -0.1) is 0 Å². The zero-order valence-electron chi connectivity index (χ0n) is 25.5. The number of ether oxygens (including phenoxy) is 1. The number of amides is 1. The number of amidine groups is 1. The van der Waals surface area contributed by atoms with Crippen molar-refractivity contribution in [3.05, 3.63) is 58.7 Å². The third-order valence-electron chi connectivity index (χ3n) is 9.10. The first-order chi connectivity index (χ1) is 20.9. The number of nitrogens with one attached hydrogen (secondary N) is 1. The minimum atomic E-state index is -2.12. The lowest BCUT2D eigenvalue weighted by Crippen LogP contribution is -2.46. The molecule has 2 saturated heterocycles. The Bertz CT molecular complexity index is 1480. The third-order valence-corrected chi connectivity index (χ3v) is 9.10. The van der Waals surface area contributed by atoms with Crippen LogP contribution in [0.15, 0.2) is 51.7 Å². The van der Waals surface area contributed by atoms with Gasteiger partial charge in [-0.1, -0.05) is 18.2 Å². The van der Waals surface area contributed by atoms with E-state index >= 15 is 4.39 Å². The van der Waals surface area contributed by atoms with Crippen LogP contribution in [0.25, 0.3) is 0 Å². The second-order valence-electron chi connectivity index (χ2n) is 12.4. The molecule has 10 nitrogen and oxygen atoms in total. The number of aliphatic imine (C=N–C) groups is 2. The lowest BCUT2D eigenvalue weighted by Gasteiger charge is -2.32. The summed E-state index contributed by atoms with van der Waals surface area (Å²) in [6, 6.07) is 2.94. The minimum absolute atomic E-state index is 0.0256. The van der Waals surface area contributed by atoms with Gasteiger partial charge in [-0.05, 0) is 64.2 Å². The van der Waals surface area contributed by atoms with Gasteiger partial charge in [-0.2, -0.15) is 0 Å². The van der Waals surface area contributed by atoms with Crippen LogP contribution in [0.4, 0.5) is 8.78 Å². The molecule has 1 aromatic rings. The van der Waals surface area contributed by atoms with Crippen molar-refractivity contribution in [2.24, 2.45) is 15.4 Å². The van der Waals surface area contributed by atoms with E-state index in [4.69, 9.17) is 9.73 Å². The molecule has 4 aliphatic rings. The Hall–Kier alpha value is -3.93. The van der Waals surface area contributed by atoms with Crippen LogP contribution in [0.2, 0.25) is 0 Å². The van der Waals surface area contributed by atoms with E-state index in [9.17, 15) is 23.9 Å². The summed E-state index contributed by atoms with van der Waals surface area (Å²) in [4.78, 5) is 51.0. The van der Waals surface area contributed by atoms with Crippen LogP contribution in [-0.4, -0.2) is 88.8 Å². The molecule has 2 N–H and O–H groups in total. The van der Waals surface area contributed by atoms with E-state index < -0.39 is 46.8 Å². The molecule has 0 aromatic heterocycles. The first kappa shape index (κ1) is 31.5. The Morgan fingerprint density at radius 1 is 1.30 bits per heavy atom. The largest absolute Gasteiger partial charge is 0.481 e. The molecule has 2 fully saturated rings. The van der Waals surface area contributed by atoms with E-state index in [1.54, 1.807) is 46.0 Å². The van der Waals surface area contributed by atoms with Gasteiger partial charge in [-0.3, -0.25) is 24.5 Å². The smallest absolute Gasteiger partial charge is 0.338 e. The molecule has 4 aliphatic heterocycles. The fourth-order valence-corrected chi connectivity index (χ4v) is 6.23. The summed E-state index contributed by atoms with van der Waals surface area (Å²) < 4.78 is 36.6. The molecular formula is C32H39F2N5O5. The lowest BCUT2D eigenvalue weighted by atomic mass is 9.89. The molecule has 12 heteroatoms. The number of alkyl halides is 1. The Kier molecular flexibility index (Phi) is 8.75. The van der Waals surface area contributed by atoms with Crippen LogP contribution in [-0.2, 0) is 19.1 Å². The maximum absolute atomic E-state index is 16.3. The Labute approximate surface area is 255 Å². The Morgan fingerprint density at radius 2 is 2.07 bits per heavy atom. The van der Waals surface area contributed by atoms with Crippen molar-refractivity contribution < 1.29 is 33.0 Å². The van der Waals surface area contributed by atoms with Crippen molar-refractivity contribution in [1.29, 1.82) is 0 Å². The molecule has 0 saturated carbocycles. The highest BCUT2D eigenvalue weighted by molar-refractivity contribution is 6.42. The van der Waals surface area contributed by atoms with E-state index in [2.05, 4.69) is 10.3 Å². The molecule has 3 atom stereocenters. The second kappa shape index (κ2) is 12.2. The lowest BCUT2D eigenvalue weighted by molar-refractivity contribution is -0.148. The second-order valence-corrected chi connectivity index (χ2v) is 12.4. The molecule has 5 rings (SSSR count). The Balaban J connectivity index is 1.51. The van der Waals surface area contributed by atoms with Crippen LogP contribution in [0, 0.1) is 18.2 Å². The number of aliphatic carboxylic acids is 1. The van der Waals surface area contributed by atoms with Crippen LogP contribution < -0.4 is 5.32 Å². The monoisotopic (exact) mass is 611 g/mol. The fraction of sp³-hybridized carbons (Fsp3) is 0.531. The molecule has 236 valence electrons.